The number of pyridine rings is 5. The van der Waals surface area contributed by atoms with Gasteiger partial charge in [-0.25, -0.2) is 33.8 Å². The summed E-state index contributed by atoms with van der Waals surface area (Å²) < 4.78 is 2.85. The second kappa shape index (κ2) is 34.7. The third-order valence-corrected chi connectivity index (χ3v) is 16.9. The fraction of sp³-hybridized carbons (Fsp3) is 0.243. The molecule has 15 rings (SSSR count). The Bertz CT molecular complexity index is 3700. The molecule has 6 heterocycles. The van der Waals surface area contributed by atoms with Crippen molar-refractivity contribution in [2.75, 3.05) is 34.4 Å². The number of aliphatic imine (C=N–C) groups is 1. The number of nitrogens with two attached hydrogens (primary N) is 6. The number of aromatic nitrogens is 5. The summed E-state index contributed by atoms with van der Waals surface area (Å²) >= 11 is 9.39. The van der Waals surface area contributed by atoms with Crippen molar-refractivity contribution in [1.82, 2.24) is 28.8 Å². The lowest BCUT2D eigenvalue weighted by Gasteiger charge is -2.09. The molecule has 4 aromatic carbocycles. The van der Waals surface area contributed by atoms with Crippen LogP contribution in [0.1, 0.15) is 145 Å². The zero-order valence-electron chi connectivity index (χ0n) is 50.9. The van der Waals surface area contributed by atoms with E-state index in [2.05, 4.69) is 115 Å². The number of hydrogen-bond donors (Lipinski definition) is 9. The lowest BCUT2D eigenvalue weighted by atomic mass is 9.84. The average Bonchev–Trinajstić information content (AvgIpc) is 1.78. The number of carbonyl (C=O) groups is 2. The number of nitrogen functional groups attached to an aromatic ring is 6. The first-order chi connectivity index (χ1) is 44.4. The molecule has 2 amide bonds. The average molecular weight is 1430 g/mol. The second-order valence-corrected chi connectivity index (χ2v) is 25.1. The van der Waals surface area contributed by atoms with Crippen molar-refractivity contribution in [1.29, 1.82) is 5.41 Å². The molecule has 0 atom stereocenters. The second-order valence-electron chi connectivity index (χ2n) is 22.6. The highest BCUT2D eigenvalue weighted by atomic mass is 79.9. The molecule has 15 N–H and O–H groups in total. The molecule has 1 saturated heterocycles. The van der Waals surface area contributed by atoms with Gasteiger partial charge in [0.1, 0.15) is 29.1 Å². The van der Waals surface area contributed by atoms with Crippen molar-refractivity contribution in [2.24, 2.45) is 4.99 Å². The third kappa shape index (κ3) is 22.6. The molecule has 0 bridgehead atoms. The molecule has 0 radical (unpaired) electrons. The predicted octanol–water partition coefficient (Wildman–Crippen LogP) is 14.3. The molecule has 474 valence electrons. The highest BCUT2D eigenvalue weighted by Crippen LogP contribution is 2.45. The summed E-state index contributed by atoms with van der Waals surface area (Å²) in [5, 5.41) is 24.5. The summed E-state index contributed by atoms with van der Waals surface area (Å²) in [6, 6.07) is 53.8. The van der Waals surface area contributed by atoms with Crippen molar-refractivity contribution in [3.63, 3.8) is 0 Å². The number of nitrogens with one attached hydrogen (secondary N) is 1. The Morgan fingerprint density at radius 3 is 1.24 bits per heavy atom. The van der Waals surface area contributed by atoms with Crippen molar-refractivity contribution in [3.05, 3.63) is 248 Å². The Kier molecular flexibility index (Phi) is 26.1. The number of imide groups is 1. The van der Waals surface area contributed by atoms with Gasteiger partial charge >= 0.3 is 7.12 Å². The quantitative estimate of drug-likeness (QED) is 0.0266. The van der Waals surface area contributed by atoms with Crippen LogP contribution in [0.25, 0.3) is 0 Å². The lowest BCUT2D eigenvalue weighted by molar-refractivity contribution is -0.131. The van der Waals surface area contributed by atoms with Crippen LogP contribution >= 0.6 is 48.0 Å². The third-order valence-electron chi connectivity index (χ3n) is 15.0. The van der Waals surface area contributed by atoms with E-state index in [0.717, 1.165) is 70.5 Å². The number of carbonyl (C=O) groups excluding carboxylic acids is 2. The van der Waals surface area contributed by atoms with E-state index in [-0.39, 0.29) is 17.6 Å². The van der Waals surface area contributed by atoms with Crippen LogP contribution in [0.5, 0.6) is 0 Å². The normalized spacial score (nSPS) is 14.8. The van der Waals surface area contributed by atoms with E-state index in [1.165, 1.54) is 62.5 Å². The molecule has 18 nitrogen and oxygen atoms in total. The van der Waals surface area contributed by atoms with E-state index in [9.17, 15) is 9.59 Å². The molecule has 1 aliphatic heterocycles. The fourth-order valence-corrected chi connectivity index (χ4v) is 10.1. The number of hydrogen-bond acceptors (Lipinski definition) is 17. The molecular formula is C70H76BBr3N14O4. The molecule has 0 spiro atoms. The van der Waals surface area contributed by atoms with Crippen LogP contribution in [-0.2, 0) is 9.59 Å². The molecule has 6 fully saturated rings. The van der Waals surface area contributed by atoms with Gasteiger partial charge in [0.05, 0.1) is 55.8 Å². The highest BCUT2D eigenvalue weighted by Gasteiger charge is 2.33. The van der Waals surface area contributed by atoms with E-state index >= 15 is 0 Å². The fourth-order valence-electron chi connectivity index (χ4n) is 9.19. The Labute approximate surface area is 563 Å². The van der Waals surface area contributed by atoms with Crippen LogP contribution in [-0.4, -0.2) is 69.3 Å². The highest BCUT2D eigenvalue weighted by molar-refractivity contribution is 9.11. The first-order valence-corrected chi connectivity index (χ1v) is 32.7. The number of nitrogens with zero attached hydrogens (tertiary/aromatic N) is 7. The minimum absolute atomic E-state index is 0.144. The molecule has 5 aliphatic carbocycles. The van der Waals surface area contributed by atoms with Crippen LogP contribution in [0, 0.1) is 5.41 Å². The van der Waals surface area contributed by atoms with Crippen molar-refractivity contribution < 1.29 is 19.6 Å². The van der Waals surface area contributed by atoms with E-state index in [4.69, 9.17) is 54.9 Å². The van der Waals surface area contributed by atoms with Gasteiger partial charge in [0.2, 0.25) is 11.8 Å². The molecule has 5 aromatic heterocycles. The molecule has 6 aliphatic rings. The largest absolute Gasteiger partial charge is 0.454 e. The first-order valence-electron chi connectivity index (χ1n) is 30.4. The molecule has 22 heteroatoms. The van der Waals surface area contributed by atoms with E-state index in [0.29, 0.717) is 77.0 Å². The van der Waals surface area contributed by atoms with Gasteiger partial charge in [0.15, 0.2) is 0 Å². The predicted molar refractivity (Wildman–Crippen MR) is 381 cm³/mol. The SMILES string of the molecule is N=C(c1ccccc1)c1ccccc1.Nc1cnc(N)c(C2CC2)c1.Nc1ncc(Br)cc1C1CC1.Nc1ncc(N=C(c2ccccc2)c2ccccc2)cc1C1CC1.Nc1ncccc1Br.Nc1ncccc1C1CC1.O=C1CCC(=O)N1Br.OB(O)C1CC1. The van der Waals surface area contributed by atoms with Gasteiger partial charge in [0, 0.05) is 47.0 Å². The summed E-state index contributed by atoms with van der Waals surface area (Å²) in [5.41, 5.74) is 45.9. The van der Waals surface area contributed by atoms with Gasteiger partial charge < -0.3 is 44.5 Å². The number of amides is 2. The number of anilines is 6. The Morgan fingerprint density at radius 1 is 0.467 bits per heavy atom. The first kappa shape index (κ1) is 69.2. The summed E-state index contributed by atoms with van der Waals surface area (Å²) in [5.74, 6) is 5.73. The van der Waals surface area contributed by atoms with Crippen LogP contribution in [0.4, 0.5) is 40.5 Å². The van der Waals surface area contributed by atoms with Gasteiger partial charge in [-0.1, -0.05) is 140 Å². The van der Waals surface area contributed by atoms with E-state index < -0.39 is 7.12 Å². The summed E-state index contributed by atoms with van der Waals surface area (Å²) in [6.45, 7) is 0. The minimum atomic E-state index is -1.04. The molecule has 5 saturated carbocycles. The summed E-state index contributed by atoms with van der Waals surface area (Å²) in [4.78, 5) is 46.0. The Morgan fingerprint density at radius 2 is 0.859 bits per heavy atom. The maximum Gasteiger partial charge on any atom is 0.454 e. The van der Waals surface area contributed by atoms with Gasteiger partial charge in [0.25, 0.3) is 0 Å². The van der Waals surface area contributed by atoms with Gasteiger partial charge in [-0.3, -0.25) is 15.0 Å². The molecule has 9 aromatic rings. The van der Waals surface area contributed by atoms with Gasteiger partial charge in [-0.2, -0.15) is 0 Å². The van der Waals surface area contributed by atoms with Crippen LogP contribution in [0.15, 0.2) is 209 Å². The van der Waals surface area contributed by atoms with Gasteiger partial charge in [-0.05, 0) is 182 Å². The van der Waals surface area contributed by atoms with Crippen LogP contribution in [0.2, 0.25) is 5.82 Å². The lowest BCUT2D eigenvalue weighted by Crippen LogP contribution is -2.16. The van der Waals surface area contributed by atoms with E-state index in [1.807, 2.05) is 121 Å². The van der Waals surface area contributed by atoms with Crippen molar-refractivity contribution in [2.45, 2.75) is 107 Å². The monoisotopic (exact) mass is 1420 g/mol. The maximum atomic E-state index is 10.4. The zero-order chi connectivity index (χ0) is 65.5. The molecule has 0 unspecified atom stereocenters. The Hall–Kier alpha value is -8.67. The Balaban J connectivity index is 0.000000141. The molecular weight excluding hydrogens is 1350 g/mol. The van der Waals surface area contributed by atoms with Gasteiger partial charge in [-0.15, -0.1) is 0 Å². The van der Waals surface area contributed by atoms with Crippen LogP contribution in [0.3, 0.4) is 0 Å². The number of benzene rings is 4. The zero-order valence-corrected chi connectivity index (χ0v) is 55.6. The number of halogens is 3. The van der Waals surface area contributed by atoms with Crippen LogP contribution < -0.4 is 34.4 Å². The summed E-state index contributed by atoms with van der Waals surface area (Å²) in [6.07, 6.45) is 21.1. The summed E-state index contributed by atoms with van der Waals surface area (Å²) in [7, 11) is -1.04. The van der Waals surface area contributed by atoms with Crippen molar-refractivity contribution >= 4 is 119 Å². The maximum absolute atomic E-state index is 10.4. The topological polar surface area (TPSA) is 335 Å². The number of rotatable bonds is 10. The minimum Gasteiger partial charge on any atom is -0.427 e. The smallest absolute Gasteiger partial charge is 0.427 e. The molecule has 92 heavy (non-hydrogen) atoms. The standard InChI is InChI=1S/C21H19N3.C13H11N.C8H9BrN2.C8H11N3.C8H10N2.C5H5BrN2.C4H4BrNO2.C3H7BO2/c22-21-19(15-11-12-15)13-18(14-23-21)24-20(16-7-3-1-4-8-16)17-9-5-2-6-10-17;14-13(11-7-3-1-4-8-11)12-9-5-2-6-10-12;2*9-6-3-7(5-1-2-5)8(10)11-4-6;9-8-7(6-3-4-6)2-1-5-10-8;6-4-2-1-3-8-5(4)7;5-6-3(7)1-2-4(6)8;5-4(6)3-1-2-3/h1-10,13-15H,11-12H2,(H2,22,23);1-10,14H;3-5H,1-2H2,(H2,10,11);3-5H,1-2,9H2,(H2,10,11);1-2,5-6H,3-4H2,(H2,9,10);1-3H,(H2,7,8);1-2H2;3,5-6H,1-2H2. The van der Waals surface area contributed by atoms with E-state index in [1.54, 1.807) is 31.0 Å². The van der Waals surface area contributed by atoms with Crippen molar-refractivity contribution in [3.8, 4) is 0 Å².